The molecule has 7 N–H and O–H groups in total. The van der Waals surface area contributed by atoms with E-state index in [9.17, 15) is 44.3 Å². The van der Waals surface area contributed by atoms with Crippen LogP contribution >= 0.6 is 0 Å². The molecule has 13 nitrogen and oxygen atoms in total. The molecule has 41 heavy (non-hydrogen) atoms. The van der Waals surface area contributed by atoms with E-state index in [1.165, 1.54) is 25.1 Å². The number of pyridine rings is 1. The highest BCUT2D eigenvalue weighted by molar-refractivity contribution is 7.91. The smallest absolute Gasteiger partial charge is 0.475 e. The molecule has 1 aromatic heterocycles. The molecule has 0 atom stereocenters. The number of hydrogen-bond acceptors (Lipinski definition) is 7. The zero-order valence-corrected chi connectivity index (χ0v) is 21.7. The van der Waals surface area contributed by atoms with E-state index in [0.29, 0.717) is 5.69 Å². The highest BCUT2D eigenvalue weighted by atomic mass is 32.2. The molecular weight excluding hydrogens is 594 g/mol. The van der Waals surface area contributed by atoms with E-state index in [4.69, 9.17) is 26.2 Å². The van der Waals surface area contributed by atoms with Crippen molar-refractivity contribution in [2.24, 2.45) is 16.6 Å². The summed E-state index contributed by atoms with van der Waals surface area (Å²) in [5.41, 5.74) is 7.67. The first-order valence-electron chi connectivity index (χ1n) is 10.9. The number of benzene rings is 1. The van der Waals surface area contributed by atoms with Gasteiger partial charge in [0.25, 0.3) is 5.56 Å². The van der Waals surface area contributed by atoms with Gasteiger partial charge >= 0.3 is 18.3 Å². The SMILES string of the molecule is Cc1ccc(NS(=O)(=O)Cc2ccccc2C(F)(F)F)c(=O)n1CC(=O)NCCON=C(N)N.O=C(O)C(F)(F)F. The Morgan fingerprint density at radius 3 is 2.20 bits per heavy atom. The number of aromatic nitrogens is 1. The molecule has 0 saturated carbocycles. The lowest BCUT2D eigenvalue weighted by atomic mass is 10.1. The molecule has 0 fully saturated rings. The third kappa shape index (κ3) is 12.1. The maximum absolute atomic E-state index is 13.2. The van der Waals surface area contributed by atoms with Crippen LogP contribution in [-0.2, 0) is 42.9 Å². The number of alkyl halides is 6. The third-order valence-corrected chi connectivity index (χ3v) is 5.78. The second kappa shape index (κ2) is 14.2. The van der Waals surface area contributed by atoms with Gasteiger partial charge in [-0.3, -0.25) is 14.3 Å². The first-order chi connectivity index (χ1) is 18.7. The number of aliphatic carboxylic acids is 1. The van der Waals surface area contributed by atoms with E-state index < -0.39 is 68.9 Å². The number of carbonyl (C=O) groups is 2. The van der Waals surface area contributed by atoms with Crippen LogP contribution in [0.3, 0.4) is 0 Å². The number of nitrogens with one attached hydrogen (secondary N) is 2. The van der Waals surface area contributed by atoms with Crippen LogP contribution in [0.5, 0.6) is 0 Å². The van der Waals surface area contributed by atoms with Gasteiger partial charge in [-0.25, -0.2) is 13.2 Å². The number of carbonyl (C=O) groups excluding carboxylic acids is 1. The number of anilines is 1. The van der Waals surface area contributed by atoms with Crippen molar-refractivity contribution in [2.75, 3.05) is 17.9 Å². The van der Waals surface area contributed by atoms with E-state index in [0.717, 1.165) is 22.8 Å². The number of amides is 1. The van der Waals surface area contributed by atoms with E-state index >= 15 is 0 Å². The maximum atomic E-state index is 13.2. The fourth-order valence-corrected chi connectivity index (χ4v) is 4.06. The van der Waals surface area contributed by atoms with Crippen LogP contribution in [0.2, 0.25) is 0 Å². The van der Waals surface area contributed by atoms with Crippen LogP contribution in [0.25, 0.3) is 0 Å². The Kier molecular flexibility index (Phi) is 12.0. The number of carboxylic acids is 1. The maximum Gasteiger partial charge on any atom is 0.490 e. The number of halogens is 6. The van der Waals surface area contributed by atoms with Crippen LogP contribution < -0.4 is 27.1 Å². The van der Waals surface area contributed by atoms with Crippen molar-refractivity contribution in [3.8, 4) is 0 Å². The summed E-state index contributed by atoms with van der Waals surface area (Å²) in [6.45, 7) is 1.05. The van der Waals surface area contributed by atoms with Gasteiger partial charge in [-0.15, -0.1) is 0 Å². The van der Waals surface area contributed by atoms with E-state index in [1.54, 1.807) is 0 Å². The highest BCUT2D eigenvalue weighted by Gasteiger charge is 2.38. The van der Waals surface area contributed by atoms with Crippen LogP contribution in [0, 0.1) is 6.92 Å². The summed E-state index contributed by atoms with van der Waals surface area (Å²) in [4.78, 5) is 38.5. The van der Waals surface area contributed by atoms with Crippen LogP contribution in [0.1, 0.15) is 16.8 Å². The van der Waals surface area contributed by atoms with Crippen LogP contribution in [-0.4, -0.2) is 55.3 Å². The number of aryl methyl sites for hydroxylation is 1. The third-order valence-electron chi connectivity index (χ3n) is 4.56. The van der Waals surface area contributed by atoms with Crippen LogP contribution in [0.15, 0.2) is 46.3 Å². The van der Waals surface area contributed by atoms with Gasteiger partial charge in [0.1, 0.15) is 18.8 Å². The van der Waals surface area contributed by atoms with E-state index in [1.807, 2.05) is 4.72 Å². The molecule has 0 saturated heterocycles. The van der Waals surface area contributed by atoms with Gasteiger partial charge < -0.3 is 31.3 Å². The van der Waals surface area contributed by atoms with Crippen molar-refractivity contribution >= 4 is 33.5 Å². The summed E-state index contributed by atoms with van der Waals surface area (Å²) in [7, 11) is -4.39. The number of hydrogen-bond donors (Lipinski definition) is 5. The second-order valence-corrected chi connectivity index (χ2v) is 9.52. The molecular formula is C21H24F6N6O7S. The van der Waals surface area contributed by atoms with Gasteiger partial charge in [-0.2, -0.15) is 26.3 Å². The molecule has 0 aliphatic rings. The topological polar surface area (TPSA) is 208 Å². The Morgan fingerprint density at radius 1 is 1.07 bits per heavy atom. The first-order valence-corrected chi connectivity index (χ1v) is 12.5. The number of guanidine groups is 1. The summed E-state index contributed by atoms with van der Waals surface area (Å²) < 4.78 is 99.3. The van der Waals surface area contributed by atoms with Gasteiger partial charge in [0, 0.05) is 5.69 Å². The minimum Gasteiger partial charge on any atom is -0.475 e. The zero-order valence-electron chi connectivity index (χ0n) is 20.9. The number of sulfonamides is 1. The predicted octanol–water partition coefficient (Wildman–Crippen LogP) is 1.07. The second-order valence-electron chi connectivity index (χ2n) is 7.80. The summed E-state index contributed by atoms with van der Waals surface area (Å²) in [6, 6.07) is 6.78. The van der Waals surface area contributed by atoms with Crippen molar-refractivity contribution in [1.82, 2.24) is 9.88 Å². The van der Waals surface area contributed by atoms with E-state index in [2.05, 4.69) is 10.5 Å². The summed E-state index contributed by atoms with van der Waals surface area (Å²) >= 11 is 0. The average molecular weight is 619 g/mol. The monoisotopic (exact) mass is 618 g/mol. The summed E-state index contributed by atoms with van der Waals surface area (Å²) in [6.07, 6.45) is -9.83. The summed E-state index contributed by atoms with van der Waals surface area (Å²) in [5.74, 6) is -4.65. The van der Waals surface area contributed by atoms with Crippen molar-refractivity contribution in [3.63, 3.8) is 0 Å². The molecule has 0 radical (unpaired) electrons. The Bertz CT molecular complexity index is 1420. The Labute approximate surface area is 227 Å². The molecule has 1 aromatic carbocycles. The quantitative estimate of drug-likeness (QED) is 0.0847. The number of carboxylic acid groups (broad SMARTS) is 1. The van der Waals surface area contributed by atoms with Crippen molar-refractivity contribution in [2.45, 2.75) is 31.6 Å². The van der Waals surface area contributed by atoms with Gasteiger partial charge in [0.05, 0.1) is 17.9 Å². The lowest BCUT2D eigenvalue weighted by molar-refractivity contribution is -0.192. The highest BCUT2D eigenvalue weighted by Crippen LogP contribution is 2.32. The lowest BCUT2D eigenvalue weighted by Gasteiger charge is -2.15. The average Bonchev–Trinajstić information content (AvgIpc) is 2.82. The van der Waals surface area contributed by atoms with Crippen LogP contribution in [0.4, 0.5) is 32.0 Å². The Balaban J connectivity index is 0.00000106. The first kappa shape index (κ1) is 34.5. The molecule has 0 spiro atoms. The fourth-order valence-electron chi connectivity index (χ4n) is 2.83. The molecule has 1 heterocycles. The molecule has 0 aliphatic carbocycles. The van der Waals surface area contributed by atoms with Crippen molar-refractivity contribution in [3.05, 3.63) is 63.6 Å². The normalized spacial score (nSPS) is 11.5. The number of nitrogens with zero attached hydrogens (tertiary/aromatic N) is 2. The minimum atomic E-state index is -5.08. The number of nitrogens with two attached hydrogens (primary N) is 2. The standard InChI is InChI=1S/C19H23F3N6O5S.C2HF3O2/c1-12-6-7-15(17(30)28(12)10-16(29)25-8-9-33-26-18(23)24)27-34(31,32)11-13-4-2-3-5-14(13)19(20,21)22;3-2(4,5)1(6)7/h2-7,27H,8-11H2,1H3,(H,25,29)(H4,23,24,26);(H,6,7). The van der Waals surface area contributed by atoms with Gasteiger partial charge in [0.2, 0.25) is 21.9 Å². The molecule has 2 aromatic rings. The molecule has 0 bridgehead atoms. The minimum absolute atomic E-state index is 0.0222. The Hall–Kier alpha value is -4.49. The molecule has 20 heteroatoms. The molecule has 0 aliphatic heterocycles. The molecule has 228 valence electrons. The van der Waals surface area contributed by atoms with Gasteiger partial charge in [-0.05, 0) is 35.8 Å². The van der Waals surface area contributed by atoms with Crippen molar-refractivity contribution in [1.29, 1.82) is 0 Å². The molecule has 0 unspecified atom stereocenters. The zero-order chi connectivity index (χ0) is 31.6. The molecule has 2 rings (SSSR count). The van der Waals surface area contributed by atoms with Gasteiger partial charge in [-0.1, -0.05) is 18.2 Å². The predicted molar refractivity (Wildman–Crippen MR) is 132 cm³/mol. The number of rotatable bonds is 10. The Morgan fingerprint density at radius 2 is 1.66 bits per heavy atom. The summed E-state index contributed by atoms with van der Waals surface area (Å²) in [5, 5.41) is 12.9. The largest absolute Gasteiger partial charge is 0.490 e. The lowest BCUT2D eigenvalue weighted by Crippen LogP contribution is -2.36. The van der Waals surface area contributed by atoms with Gasteiger partial charge in [0.15, 0.2) is 0 Å². The fraction of sp³-hybridized carbons (Fsp3) is 0.333. The number of oxime groups is 1. The molecule has 1 amide bonds. The van der Waals surface area contributed by atoms with Crippen molar-refractivity contribution < 1.29 is 54.3 Å². The van der Waals surface area contributed by atoms with E-state index in [-0.39, 0.29) is 19.1 Å².